The molecule has 2 aromatic carbocycles. The number of sulfonamides is 1. The van der Waals surface area contributed by atoms with Crippen LogP contribution in [0.2, 0.25) is 0 Å². The molecule has 0 saturated carbocycles. The lowest BCUT2D eigenvalue weighted by Gasteiger charge is -2.19. The van der Waals surface area contributed by atoms with Gasteiger partial charge in [-0.3, -0.25) is 4.79 Å². The third-order valence-electron chi connectivity index (χ3n) is 3.88. The Balaban J connectivity index is 1.89. The van der Waals surface area contributed by atoms with Crippen molar-refractivity contribution in [2.45, 2.75) is 37.5 Å². The molecule has 0 heterocycles. The van der Waals surface area contributed by atoms with Crippen molar-refractivity contribution in [3.05, 3.63) is 59.7 Å². The van der Waals surface area contributed by atoms with Gasteiger partial charge in [-0.1, -0.05) is 32.9 Å². The summed E-state index contributed by atoms with van der Waals surface area (Å²) in [6.45, 7) is 6.08. The average Bonchev–Trinajstić information content (AvgIpc) is 2.56. The summed E-state index contributed by atoms with van der Waals surface area (Å²) in [4.78, 5) is 11.6. The molecule has 0 aromatic heterocycles. The largest absolute Gasteiger partial charge is 0.326 e. The summed E-state index contributed by atoms with van der Waals surface area (Å²) in [5.41, 5.74) is 1.73. The lowest BCUT2D eigenvalue weighted by molar-refractivity contribution is -0.116. The van der Waals surface area contributed by atoms with Gasteiger partial charge in [-0.25, -0.2) is 21.9 Å². The van der Waals surface area contributed by atoms with E-state index in [1.807, 2.05) is 12.1 Å². The van der Waals surface area contributed by atoms with Crippen LogP contribution in [-0.4, -0.2) is 20.9 Å². The monoisotopic (exact) mass is 396 g/mol. The second-order valence-corrected chi connectivity index (χ2v) is 8.87. The number of benzene rings is 2. The average molecular weight is 396 g/mol. The number of amides is 1. The molecule has 5 nitrogen and oxygen atoms in total. The van der Waals surface area contributed by atoms with Crippen molar-refractivity contribution in [2.75, 3.05) is 11.9 Å². The zero-order valence-electron chi connectivity index (χ0n) is 15.3. The summed E-state index contributed by atoms with van der Waals surface area (Å²) in [6, 6.07) is 9.68. The van der Waals surface area contributed by atoms with Crippen LogP contribution < -0.4 is 10.0 Å². The van der Waals surface area contributed by atoms with Crippen molar-refractivity contribution in [3.63, 3.8) is 0 Å². The van der Waals surface area contributed by atoms with Gasteiger partial charge in [0, 0.05) is 18.7 Å². The number of nitrogens with one attached hydrogen (secondary N) is 2. The molecule has 27 heavy (non-hydrogen) atoms. The molecule has 0 aliphatic heterocycles. The van der Waals surface area contributed by atoms with Crippen molar-refractivity contribution >= 4 is 21.6 Å². The highest BCUT2D eigenvalue weighted by atomic mass is 32.2. The van der Waals surface area contributed by atoms with Gasteiger partial charge in [0.2, 0.25) is 15.9 Å². The highest BCUT2D eigenvalue weighted by molar-refractivity contribution is 7.89. The fraction of sp³-hybridized carbons (Fsp3) is 0.316. The smallest absolute Gasteiger partial charge is 0.240 e. The van der Waals surface area contributed by atoms with E-state index in [2.05, 4.69) is 30.8 Å². The van der Waals surface area contributed by atoms with Gasteiger partial charge < -0.3 is 5.32 Å². The molecule has 2 aromatic rings. The number of hydrogen-bond donors (Lipinski definition) is 2. The first-order valence-electron chi connectivity index (χ1n) is 8.34. The van der Waals surface area contributed by atoms with E-state index in [4.69, 9.17) is 0 Å². The Morgan fingerprint density at radius 1 is 1.00 bits per heavy atom. The SMILES string of the molecule is CC(C)(C)c1ccc(NC(=O)CCNS(=O)(=O)c2ccc(F)c(F)c2)cc1. The Morgan fingerprint density at radius 2 is 1.63 bits per heavy atom. The Kier molecular flexibility index (Phi) is 6.33. The van der Waals surface area contributed by atoms with Gasteiger partial charge in [-0.05, 0) is 41.3 Å². The summed E-state index contributed by atoms with van der Waals surface area (Å²) in [6.07, 6.45) is -0.107. The van der Waals surface area contributed by atoms with Crippen LogP contribution in [0, 0.1) is 11.6 Å². The fourth-order valence-electron chi connectivity index (χ4n) is 2.30. The number of carbonyl (C=O) groups excluding carboxylic acids is 1. The predicted molar refractivity (Wildman–Crippen MR) is 99.9 cm³/mol. The van der Waals surface area contributed by atoms with E-state index in [0.717, 1.165) is 17.7 Å². The Hall–Kier alpha value is -2.32. The minimum Gasteiger partial charge on any atom is -0.326 e. The normalized spacial score (nSPS) is 12.0. The molecule has 0 spiro atoms. The Labute approximate surface area is 157 Å². The molecule has 0 saturated heterocycles. The topological polar surface area (TPSA) is 75.3 Å². The minimum atomic E-state index is -4.03. The number of hydrogen-bond acceptors (Lipinski definition) is 3. The lowest BCUT2D eigenvalue weighted by Crippen LogP contribution is -2.28. The standard InChI is InChI=1S/C19H22F2N2O3S/c1-19(2,3)13-4-6-14(7-5-13)23-18(24)10-11-22-27(25,26)15-8-9-16(20)17(21)12-15/h4-9,12,22H,10-11H2,1-3H3,(H,23,24). The molecule has 0 radical (unpaired) electrons. The molecule has 2 N–H and O–H groups in total. The fourth-order valence-corrected chi connectivity index (χ4v) is 3.35. The van der Waals surface area contributed by atoms with E-state index >= 15 is 0 Å². The van der Waals surface area contributed by atoms with Gasteiger partial charge in [0.05, 0.1) is 4.90 Å². The lowest BCUT2D eigenvalue weighted by atomic mass is 9.87. The van der Waals surface area contributed by atoms with Crippen molar-refractivity contribution in [3.8, 4) is 0 Å². The molecule has 2 rings (SSSR count). The Morgan fingerprint density at radius 3 is 2.19 bits per heavy atom. The van der Waals surface area contributed by atoms with Crippen LogP contribution in [0.1, 0.15) is 32.8 Å². The molecule has 0 fully saturated rings. The predicted octanol–water partition coefficient (Wildman–Crippen LogP) is 3.57. The molecule has 0 aliphatic rings. The molecule has 8 heteroatoms. The third kappa shape index (κ3) is 5.83. The van der Waals surface area contributed by atoms with Crippen LogP contribution in [0.3, 0.4) is 0 Å². The van der Waals surface area contributed by atoms with Crippen molar-refractivity contribution in [2.24, 2.45) is 0 Å². The van der Waals surface area contributed by atoms with Crippen molar-refractivity contribution in [1.29, 1.82) is 0 Å². The summed E-state index contributed by atoms with van der Waals surface area (Å²) in [7, 11) is -4.03. The number of rotatable bonds is 6. The first-order chi connectivity index (χ1) is 12.5. The van der Waals surface area contributed by atoms with Gasteiger partial charge in [0.1, 0.15) is 0 Å². The maximum absolute atomic E-state index is 13.2. The highest BCUT2D eigenvalue weighted by Gasteiger charge is 2.17. The summed E-state index contributed by atoms with van der Waals surface area (Å²) in [5, 5.41) is 2.68. The number of anilines is 1. The van der Waals surface area contributed by atoms with Gasteiger partial charge in [0.15, 0.2) is 11.6 Å². The molecule has 0 bridgehead atoms. The van der Waals surface area contributed by atoms with Crippen LogP contribution in [0.15, 0.2) is 47.4 Å². The third-order valence-corrected chi connectivity index (χ3v) is 5.34. The maximum Gasteiger partial charge on any atom is 0.240 e. The summed E-state index contributed by atoms with van der Waals surface area (Å²) in [5.74, 6) is -2.76. The van der Waals surface area contributed by atoms with E-state index < -0.39 is 26.6 Å². The van der Waals surface area contributed by atoms with E-state index in [0.29, 0.717) is 11.8 Å². The first kappa shape index (κ1) is 21.0. The summed E-state index contributed by atoms with van der Waals surface area (Å²) < 4.78 is 52.3. The van der Waals surface area contributed by atoms with Gasteiger partial charge >= 0.3 is 0 Å². The molecule has 146 valence electrons. The van der Waals surface area contributed by atoms with Gasteiger partial charge in [-0.2, -0.15) is 0 Å². The van der Waals surface area contributed by atoms with Crippen LogP contribution in [0.25, 0.3) is 0 Å². The second-order valence-electron chi connectivity index (χ2n) is 7.10. The molecule has 0 unspecified atom stereocenters. The second kappa shape index (κ2) is 8.14. The molecular weight excluding hydrogens is 374 g/mol. The van der Waals surface area contributed by atoms with Crippen LogP contribution in [0.5, 0.6) is 0 Å². The van der Waals surface area contributed by atoms with Gasteiger partial charge in [-0.15, -0.1) is 0 Å². The zero-order valence-corrected chi connectivity index (χ0v) is 16.2. The zero-order chi connectivity index (χ0) is 20.2. The van der Waals surface area contributed by atoms with Crippen molar-refractivity contribution in [1.82, 2.24) is 4.72 Å². The molecule has 0 atom stereocenters. The number of halogens is 2. The van der Waals surface area contributed by atoms with E-state index in [1.54, 1.807) is 12.1 Å². The molecular formula is C19H22F2N2O3S. The molecule has 1 amide bonds. The maximum atomic E-state index is 13.2. The quantitative estimate of drug-likeness (QED) is 0.784. The van der Waals surface area contributed by atoms with E-state index in [-0.39, 0.29) is 24.3 Å². The van der Waals surface area contributed by atoms with Crippen LogP contribution in [0.4, 0.5) is 14.5 Å². The summed E-state index contributed by atoms with van der Waals surface area (Å²) >= 11 is 0. The Bertz CT molecular complexity index is 921. The van der Waals surface area contributed by atoms with E-state index in [1.165, 1.54) is 0 Å². The van der Waals surface area contributed by atoms with Crippen LogP contribution in [-0.2, 0) is 20.2 Å². The van der Waals surface area contributed by atoms with Gasteiger partial charge in [0.25, 0.3) is 0 Å². The number of carbonyl (C=O) groups is 1. The van der Waals surface area contributed by atoms with Crippen molar-refractivity contribution < 1.29 is 22.0 Å². The molecule has 0 aliphatic carbocycles. The van der Waals surface area contributed by atoms with Crippen LogP contribution >= 0.6 is 0 Å². The van der Waals surface area contributed by atoms with E-state index in [9.17, 15) is 22.0 Å². The minimum absolute atomic E-state index is 0.000641. The highest BCUT2D eigenvalue weighted by Crippen LogP contribution is 2.23. The first-order valence-corrected chi connectivity index (χ1v) is 9.82.